The fraction of sp³-hybridized carbons (Fsp3) is 0.412. The molecule has 0 spiro atoms. The van der Waals surface area contributed by atoms with Gasteiger partial charge in [-0.3, -0.25) is 0 Å². The van der Waals surface area contributed by atoms with Crippen molar-refractivity contribution in [1.82, 2.24) is 9.97 Å². The van der Waals surface area contributed by atoms with E-state index < -0.39 is 0 Å². The third-order valence-electron chi connectivity index (χ3n) is 4.12. The van der Waals surface area contributed by atoms with E-state index in [-0.39, 0.29) is 0 Å². The number of hydrogen-bond acceptors (Lipinski definition) is 2. The van der Waals surface area contributed by atoms with Gasteiger partial charge in [-0.1, -0.05) is 72.3 Å². The average Bonchev–Trinajstić information content (AvgIpc) is 2.47. The molecule has 0 amide bonds. The van der Waals surface area contributed by atoms with Gasteiger partial charge in [-0.15, -0.1) is 0 Å². The normalized spacial score (nSPS) is 16.1. The molecule has 2 aromatic rings. The number of benzene rings is 1. The van der Waals surface area contributed by atoms with Crippen molar-refractivity contribution in [3.63, 3.8) is 0 Å². The Kier molecular flexibility index (Phi) is 4.46. The molecule has 0 unspecified atom stereocenters. The molecule has 1 aromatic carbocycles. The van der Waals surface area contributed by atoms with Crippen molar-refractivity contribution >= 4 is 23.2 Å². The topological polar surface area (TPSA) is 25.8 Å². The first-order valence-corrected chi connectivity index (χ1v) is 8.20. The van der Waals surface area contributed by atoms with E-state index in [0.717, 1.165) is 35.4 Å². The van der Waals surface area contributed by atoms with Crippen molar-refractivity contribution in [1.29, 1.82) is 0 Å². The largest absolute Gasteiger partial charge is 0.220 e. The summed E-state index contributed by atoms with van der Waals surface area (Å²) in [7, 11) is 0. The molecular formula is C17H18Cl2N2. The lowest BCUT2D eigenvalue weighted by Gasteiger charge is -2.21. The second-order valence-corrected chi connectivity index (χ2v) is 6.46. The maximum atomic E-state index is 6.41. The molecule has 1 aromatic heterocycles. The molecule has 0 atom stereocenters. The summed E-state index contributed by atoms with van der Waals surface area (Å²) < 4.78 is 0. The van der Waals surface area contributed by atoms with Gasteiger partial charge in [-0.25, -0.2) is 9.97 Å². The summed E-state index contributed by atoms with van der Waals surface area (Å²) in [4.78, 5) is 9.07. The van der Waals surface area contributed by atoms with Crippen LogP contribution >= 0.6 is 23.2 Å². The summed E-state index contributed by atoms with van der Waals surface area (Å²) in [5, 5.41) is 0.919. The van der Waals surface area contributed by atoms with E-state index >= 15 is 0 Å². The lowest BCUT2D eigenvalue weighted by Crippen LogP contribution is -2.09. The lowest BCUT2D eigenvalue weighted by molar-refractivity contribution is 0.428. The van der Waals surface area contributed by atoms with Gasteiger partial charge in [0.1, 0.15) is 16.1 Å². The third kappa shape index (κ3) is 3.22. The smallest absolute Gasteiger partial charge is 0.142 e. The maximum absolute atomic E-state index is 6.41. The highest BCUT2D eigenvalue weighted by Gasteiger charge is 2.21. The quantitative estimate of drug-likeness (QED) is 0.653. The maximum Gasteiger partial charge on any atom is 0.142 e. The molecule has 2 nitrogen and oxygen atoms in total. The Labute approximate surface area is 135 Å². The SMILES string of the molecule is Cc1cccc(-c2c(Cl)nc(C3CCCCC3)nc2Cl)c1. The van der Waals surface area contributed by atoms with Crippen LogP contribution in [0.3, 0.4) is 0 Å². The second kappa shape index (κ2) is 6.33. The number of aryl methyl sites for hydroxylation is 1. The second-order valence-electron chi connectivity index (χ2n) is 5.74. The first-order chi connectivity index (χ1) is 10.1. The highest BCUT2D eigenvalue weighted by atomic mass is 35.5. The first kappa shape index (κ1) is 14.8. The van der Waals surface area contributed by atoms with Crippen molar-refractivity contribution in [3.05, 3.63) is 46.0 Å². The summed E-state index contributed by atoms with van der Waals surface area (Å²) >= 11 is 12.8. The summed E-state index contributed by atoms with van der Waals surface area (Å²) in [6, 6.07) is 8.08. The van der Waals surface area contributed by atoms with Crippen LogP contribution in [0.1, 0.15) is 49.4 Å². The summed E-state index contributed by atoms with van der Waals surface area (Å²) in [5.41, 5.74) is 2.87. The van der Waals surface area contributed by atoms with Gasteiger partial charge in [0, 0.05) is 5.92 Å². The standard InChI is InChI=1S/C17H18Cl2N2/c1-11-6-5-9-13(10-11)14-15(18)20-17(21-16(14)19)12-7-3-2-4-8-12/h5-6,9-10,12H,2-4,7-8H2,1H3. The molecule has 21 heavy (non-hydrogen) atoms. The van der Waals surface area contributed by atoms with Crippen LogP contribution < -0.4 is 0 Å². The van der Waals surface area contributed by atoms with E-state index in [0.29, 0.717) is 16.2 Å². The van der Waals surface area contributed by atoms with Crippen LogP contribution in [0, 0.1) is 6.92 Å². The molecule has 1 saturated carbocycles. The summed E-state index contributed by atoms with van der Waals surface area (Å²) in [6.07, 6.45) is 6.05. The number of nitrogens with zero attached hydrogens (tertiary/aromatic N) is 2. The number of aromatic nitrogens is 2. The van der Waals surface area contributed by atoms with E-state index in [4.69, 9.17) is 23.2 Å². The Morgan fingerprint density at radius 1 is 1.00 bits per heavy atom. The van der Waals surface area contributed by atoms with Crippen LogP contribution in [0.2, 0.25) is 10.3 Å². The molecular weight excluding hydrogens is 303 g/mol. The summed E-state index contributed by atoms with van der Waals surface area (Å²) in [6.45, 7) is 2.04. The Balaban J connectivity index is 2.00. The van der Waals surface area contributed by atoms with E-state index in [2.05, 4.69) is 16.0 Å². The van der Waals surface area contributed by atoms with Gasteiger partial charge < -0.3 is 0 Å². The van der Waals surface area contributed by atoms with Crippen molar-refractivity contribution < 1.29 is 0 Å². The Bertz CT molecular complexity index is 626. The molecule has 0 saturated heterocycles. The summed E-state index contributed by atoms with van der Waals surface area (Å²) in [5.74, 6) is 1.21. The van der Waals surface area contributed by atoms with Crippen LogP contribution in [-0.2, 0) is 0 Å². The Hall–Kier alpha value is -1.12. The van der Waals surface area contributed by atoms with Crippen LogP contribution in [-0.4, -0.2) is 9.97 Å². The van der Waals surface area contributed by atoms with Crippen LogP contribution in [0.25, 0.3) is 11.1 Å². The fourth-order valence-corrected chi connectivity index (χ4v) is 3.62. The first-order valence-electron chi connectivity index (χ1n) is 7.45. The van der Waals surface area contributed by atoms with Crippen LogP contribution in [0.5, 0.6) is 0 Å². The Morgan fingerprint density at radius 2 is 1.67 bits per heavy atom. The predicted octanol–water partition coefficient (Wildman–Crippen LogP) is 5.81. The van der Waals surface area contributed by atoms with Crippen molar-refractivity contribution in [2.75, 3.05) is 0 Å². The van der Waals surface area contributed by atoms with Crippen LogP contribution in [0.15, 0.2) is 24.3 Å². The zero-order valence-corrected chi connectivity index (χ0v) is 13.6. The van der Waals surface area contributed by atoms with Gasteiger partial charge in [-0.2, -0.15) is 0 Å². The number of halogens is 2. The number of hydrogen-bond donors (Lipinski definition) is 0. The zero-order valence-electron chi connectivity index (χ0n) is 12.1. The van der Waals surface area contributed by atoms with Gasteiger partial charge in [0.05, 0.1) is 5.56 Å². The van der Waals surface area contributed by atoms with Gasteiger partial charge >= 0.3 is 0 Å². The van der Waals surface area contributed by atoms with E-state index in [9.17, 15) is 0 Å². The van der Waals surface area contributed by atoms with Crippen molar-refractivity contribution in [2.24, 2.45) is 0 Å². The minimum atomic E-state index is 0.403. The monoisotopic (exact) mass is 320 g/mol. The minimum Gasteiger partial charge on any atom is -0.220 e. The molecule has 0 aliphatic heterocycles. The van der Waals surface area contributed by atoms with Crippen molar-refractivity contribution in [2.45, 2.75) is 44.9 Å². The molecule has 0 N–H and O–H groups in total. The lowest BCUT2D eigenvalue weighted by atomic mass is 9.88. The van der Waals surface area contributed by atoms with Crippen molar-refractivity contribution in [3.8, 4) is 11.1 Å². The average molecular weight is 321 g/mol. The van der Waals surface area contributed by atoms with E-state index in [1.807, 2.05) is 25.1 Å². The fourth-order valence-electron chi connectivity index (χ4n) is 3.01. The highest BCUT2D eigenvalue weighted by molar-refractivity contribution is 6.37. The van der Waals surface area contributed by atoms with E-state index in [1.54, 1.807) is 0 Å². The van der Waals surface area contributed by atoms with Gasteiger partial charge in [-0.05, 0) is 25.3 Å². The molecule has 1 aliphatic carbocycles. The molecule has 0 bridgehead atoms. The molecule has 1 aliphatic rings. The molecule has 1 fully saturated rings. The minimum absolute atomic E-state index is 0.403. The highest BCUT2D eigenvalue weighted by Crippen LogP contribution is 2.37. The van der Waals surface area contributed by atoms with Gasteiger partial charge in [0.25, 0.3) is 0 Å². The molecule has 110 valence electrons. The van der Waals surface area contributed by atoms with Gasteiger partial charge in [0.2, 0.25) is 0 Å². The molecule has 0 radical (unpaired) electrons. The molecule has 3 rings (SSSR count). The predicted molar refractivity (Wildman–Crippen MR) is 88.1 cm³/mol. The Morgan fingerprint density at radius 3 is 2.29 bits per heavy atom. The van der Waals surface area contributed by atoms with Crippen LogP contribution in [0.4, 0.5) is 0 Å². The third-order valence-corrected chi connectivity index (χ3v) is 4.66. The zero-order chi connectivity index (χ0) is 14.8. The van der Waals surface area contributed by atoms with E-state index in [1.165, 1.54) is 19.3 Å². The number of rotatable bonds is 2. The van der Waals surface area contributed by atoms with Gasteiger partial charge in [0.15, 0.2) is 0 Å². The molecule has 1 heterocycles. The molecule has 4 heteroatoms.